The van der Waals surface area contributed by atoms with Crippen molar-refractivity contribution in [2.45, 2.75) is 26.9 Å². The second-order valence-electron chi connectivity index (χ2n) is 7.24. The lowest BCUT2D eigenvalue weighted by Crippen LogP contribution is -2.37. The van der Waals surface area contributed by atoms with Crippen LogP contribution in [0, 0.1) is 6.92 Å². The Morgan fingerprint density at radius 3 is 2.55 bits per heavy atom. The molecule has 0 atom stereocenters. The maximum Gasteiger partial charge on any atom is 0.258 e. The molecule has 1 amide bonds. The van der Waals surface area contributed by atoms with Crippen molar-refractivity contribution in [3.63, 3.8) is 0 Å². The van der Waals surface area contributed by atoms with Gasteiger partial charge in [-0.25, -0.2) is 4.98 Å². The van der Waals surface area contributed by atoms with E-state index < -0.39 is 0 Å². The van der Waals surface area contributed by atoms with Gasteiger partial charge in [-0.1, -0.05) is 31.2 Å². The van der Waals surface area contributed by atoms with Crippen LogP contribution < -0.4 is 20.3 Å². The number of carbonyl (C=O) groups is 1. The maximum absolute atomic E-state index is 12.6. The molecule has 2 aromatic carbocycles. The monoisotopic (exact) mass is 424 g/mol. The van der Waals surface area contributed by atoms with Gasteiger partial charge < -0.3 is 19.8 Å². The predicted octanol–water partition coefficient (Wildman–Crippen LogP) is 2.39. The molecule has 0 aliphatic carbocycles. The Morgan fingerprint density at radius 2 is 1.87 bits per heavy atom. The Kier molecular flexibility index (Phi) is 7.25. The molecule has 2 N–H and O–H groups in total. The Morgan fingerprint density at radius 1 is 1.16 bits per heavy atom. The van der Waals surface area contributed by atoms with Crippen LogP contribution >= 0.6 is 0 Å². The molecule has 8 nitrogen and oxygen atoms in total. The Hall–Kier alpha value is -3.39. The van der Waals surface area contributed by atoms with Gasteiger partial charge in [0.25, 0.3) is 5.56 Å². The first kappa shape index (κ1) is 22.3. The van der Waals surface area contributed by atoms with Gasteiger partial charge in [0.15, 0.2) is 11.5 Å². The number of likely N-dealkylation sites (N-methyl/N-ethyl adjacent to an activating group) is 1. The van der Waals surface area contributed by atoms with E-state index in [1.807, 2.05) is 43.0 Å². The molecule has 0 saturated heterocycles. The molecule has 31 heavy (non-hydrogen) atoms. The highest BCUT2D eigenvalue weighted by atomic mass is 16.5. The quantitative estimate of drug-likeness (QED) is 0.548. The summed E-state index contributed by atoms with van der Waals surface area (Å²) in [6.07, 6.45) is 0. The normalized spacial score (nSPS) is 11.0. The molecule has 164 valence electrons. The van der Waals surface area contributed by atoms with Gasteiger partial charge in [-0.3, -0.25) is 14.5 Å². The fourth-order valence-corrected chi connectivity index (χ4v) is 3.34. The third-order valence-corrected chi connectivity index (χ3v) is 5.18. The number of methoxy groups -OCH3 is 2. The zero-order chi connectivity index (χ0) is 22.4. The highest BCUT2D eigenvalue weighted by molar-refractivity contribution is 5.82. The number of ether oxygens (including phenoxy) is 2. The summed E-state index contributed by atoms with van der Waals surface area (Å²) in [5, 5.41) is 3.37. The van der Waals surface area contributed by atoms with Crippen LogP contribution in [0.4, 0.5) is 0 Å². The summed E-state index contributed by atoms with van der Waals surface area (Å²) in [7, 11) is 3.05. The first-order valence-corrected chi connectivity index (χ1v) is 10.1. The summed E-state index contributed by atoms with van der Waals surface area (Å²) in [5.41, 5.74) is 2.47. The highest BCUT2D eigenvalue weighted by Crippen LogP contribution is 2.29. The Labute approximate surface area is 181 Å². The van der Waals surface area contributed by atoms with Crippen LogP contribution in [0.2, 0.25) is 0 Å². The number of carbonyl (C=O) groups excluding carboxylic acids is 1. The van der Waals surface area contributed by atoms with Gasteiger partial charge in [0.05, 0.1) is 38.2 Å². The summed E-state index contributed by atoms with van der Waals surface area (Å²) in [6, 6.07) is 11.2. The Balaban J connectivity index is 1.71. The molecule has 0 unspecified atom stereocenters. The summed E-state index contributed by atoms with van der Waals surface area (Å²) in [5.74, 6) is 1.37. The highest BCUT2D eigenvalue weighted by Gasteiger charge is 2.14. The van der Waals surface area contributed by atoms with Gasteiger partial charge in [0.2, 0.25) is 5.91 Å². The van der Waals surface area contributed by atoms with Gasteiger partial charge in [-0.15, -0.1) is 0 Å². The number of fused-ring (bicyclic) bond motifs is 1. The lowest BCUT2D eigenvalue weighted by molar-refractivity contribution is -0.122. The van der Waals surface area contributed by atoms with E-state index in [1.165, 1.54) is 14.2 Å². The van der Waals surface area contributed by atoms with Crippen LogP contribution in [0.5, 0.6) is 11.5 Å². The van der Waals surface area contributed by atoms with Crippen molar-refractivity contribution in [1.82, 2.24) is 20.2 Å². The van der Waals surface area contributed by atoms with Crippen LogP contribution in [0.1, 0.15) is 23.9 Å². The molecule has 0 fully saturated rings. The van der Waals surface area contributed by atoms with E-state index >= 15 is 0 Å². The van der Waals surface area contributed by atoms with E-state index in [0.717, 1.165) is 11.1 Å². The van der Waals surface area contributed by atoms with Gasteiger partial charge >= 0.3 is 0 Å². The van der Waals surface area contributed by atoms with E-state index in [0.29, 0.717) is 47.9 Å². The van der Waals surface area contributed by atoms with Gasteiger partial charge in [0.1, 0.15) is 5.82 Å². The number of rotatable bonds is 9. The molecule has 0 aliphatic rings. The first-order valence-electron chi connectivity index (χ1n) is 10.1. The minimum atomic E-state index is -0.263. The van der Waals surface area contributed by atoms with Crippen molar-refractivity contribution in [3.8, 4) is 11.5 Å². The second-order valence-corrected chi connectivity index (χ2v) is 7.24. The molecule has 0 spiro atoms. The average Bonchev–Trinajstić information content (AvgIpc) is 2.77. The van der Waals surface area contributed by atoms with E-state index in [4.69, 9.17) is 9.47 Å². The standard InChI is InChI=1S/C23H28N4O4/c1-5-27(14-22(28)24-12-16-9-7-6-8-15(16)2)13-21-25-18-11-20(31-4)19(30-3)10-17(18)23(29)26-21/h6-11H,5,12-14H2,1-4H3,(H,24,28)(H,25,26,29). The zero-order valence-electron chi connectivity index (χ0n) is 18.3. The molecule has 1 heterocycles. The first-order chi connectivity index (χ1) is 14.9. The zero-order valence-corrected chi connectivity index (χ0v) is 18.3. The van der Waals surface area contributed by atoms with Crippen LogP contribution in [0.15, 0.2) is 41.2 Å². The number of amides is 1. The van der Waals surface area contributed by atoms with E-state index in [2.05, 4.69) is 15.3 Å². The number of aryl methyl sites for hydroxylation is 1. The fraction of sp³-hybridized carbons (Fsp3) is 0.348. The largest absolute Gasteiger partial charge is 0.493 e. The van der Waals surface area contributed by atoms with Gasteiger partial charge in [0, 0.05) is 12.6 Å². The van der Waals surface area contributed by atoms with Crippen LogP contribution in [-0.2, 0) is 17.9 Å². The number of benzene rings is 2. The summed E-state index contributed by atoms with van der Waals surface area (Å²) in [6.45, 7) is 5.64. The van der Waals surface area contributed by atoms with Gasteiger partial charge in [-0.2, -0.15) is 0 Å². The molecule has 3 rings (SSSR count). The SMILES string of the molecule is CCN(CC(=O)NCc1ccccc1C)Cc1nc2cc(OC)c(OC)cc2c(=O)[nH]1. The molecule has 0 radical (unpaired) electrons. The number of nitrogens with zero attached hydrogens (tertiary/aromatic N) is 2. The number of hydrogen-bond acceptors (Lipinski definition) is 6. The second kappa shape index (κ2) is 10.1. The molecule has 8 heteroatoms. The maximum atomic E-state index is 12.6. The number of aromatic amines is 1. The van der Waals surface area contributed by atoms with Crippen LogP contribution in [0.25, 0.3) is 10.9 Å². The third kappa shape index (κ3) is 5.40. The van der Waals surface area contributed by atoms with Crippen molar-refractivity contribution in [1.29, 1.82) is 0 Å². The topological polar surface area (TPSA) is 96.6 Å². The molecule has 0 saturated carbocycles. The van der Waals surface area contributed by atoms with Crippen molar-refractivity contribution in [2.24, 2.45) is 0 Å². The fourth-order valence-electron chi connectivity index (χ4n) is 3.34. The average molecular weight is 425 g/mol. The predicted molar refractivity (Wildman–Crippen MR) is 119 cm³/mol. The lowest BCUT2D eigenvalue weighted by Gasteiger charge is -2.19. The molecular weight excluding hydrogens is 396 g/mol. The third-order valence-electron chi connectivity index (χ3n) is 5.18. The minimum Gasteiger partial charge on any atom is -0.493 e. The number of hydrogen-bond donors (Lipinski definition) is 2. The number of H-pyrrole nitrogens is 1. The van der Waals surface area contributed by atoms with Crippen molar-refractivity contribution in [3.05, 3.63) is 63.7 Å². The molecule has 0 bridgehead atoms. The number of aromatic nitrogens is 2. The smallest absolute Gasteiger partial charge is 0.258 e. The molecule has 3 aromatic rings. The van der Waals surface area contributed by atoms with E-state index in [1.54, 1.807) is 12.1 Å². The summed E-state index contributed by atoms with van der Waals surface area (Å²) < 4.78 is 10.6. The molecule has 1 aromatic heterocycles. The van der Waals surface area contributed by atoms with Crippen LogP contribution in [-0.4, -0.2) is 48.1 Å². The molecule has 0 aliphatic heterocycles. The van der Waals surface area contributed by atoms with E-state index in [-0.39, 0.29) is 18.0 Å². The minimum absolute atomic E-state index is 0.0837. The lowest BCUT2D eigenvalue weighted by atomic mass is 10.1. The summed E-state index contributed by atoms with van der Waals surface area (Å²) >= 11 is 0. The van der Waals surface area contributed by atoms with Crippen LogP contribution in [0.3, 0.4) is 0 Å². The Bertz CT molecular complexity index is 1130. The van der Waals surface area contributed by atoms with E-state index in [9.17, 15) is 9.59 Å². The van der Waals surface area contributed by atoms with Crippen molar-refractivity contribution < 1.29 is 14.3 Å². The summed E-state index contributed by atoms with van der Waals surface area (Å²) in [4.78, 5) is 34.3. The molecular formula is C23H28N4O4. The number of nitrogens with one attached hydrogen (secondary N) is 2. The van der Waals surface area contributed by atoms with Gasteiger partial charge in [-0.05, 0) is 30.7 Å². The van der Waals surface area contributed by atoms with Crippen molar-refractivity contribution in [2.75, 3.05) is 27.3 Å². The van der Waals surface area contributed by atoms with Crippen molar-refractivity contribution >= 4 is 16.8 Å².